The van der Waals surface area contributed by atoms with Crippen LogP contribution in [0.3, 0.4) is 0 Å². The molecule has 0 amide bonds. The van der Waals surface area contributed by atoms with Gasteiger partial charge in [0, 0.05) is 18.8 Å². The molecular weight excluding hydrogens is 280 g/mol. The fraction of sp³-hybridized carbons (Fsp3) is 0.438. The van der Waals surface area contributed by atoms with Crippen LogP contribution >= 0.6 is 0 Å². The summed E-state index contributed by atoms with van der Waals surface area (Å²) in [6.45, 7) is 8.07. The minimum atomic E-state index is -0.683. The van der Waals surface area contributed by atoms with E-state index >= 15 is 0 Å². The van der Waals surface area contributed by atoms with Crippen LogP contribution in [-0.2, 0) is 11.3 Å². The minimum Gasteiger partial charge on any atom is -0.481 e. The molecule has 0 unspecified atom stereocenters. The maximum atomic E-state index is 11.0. The number of nitrogens with zero attached hydrogens (tertiary/aromatic N) is 4. The second-order valence-electron chi connectivity index (χ2n) is 5.98. The van der Waals surface area contributed by atoms with Crippen molar-refractivity contribution in [2.75, 3.05) is 18.0 Å². The lowest BCUT2D eigenvalue weighted by molar-refractivity contribution is -0.142. The number of anilines is 1. The lowest BCUT2D eigenvalue weighted by Gasteiger charge is -2.31. The maximum absolute atomic E-state index is 11.0. The molecule has 1 N–H and O–H groups in total. The molecule has 3 rings (SSSR count). The first kappa shape index (κ1) is 14.6. The Kier molecular flexibility index (Phi) is 3.83. The zero-order valence-corrected chi connectivity index (χ0v) is 12.7. The highest BCUT2D eigenvalue weighted by molar-refractivity contribution is 5.79. The van der Waals surface area contributed by atoms with E-state index in [0.29, 0.717) is 19.4 Å². The molecule has 0 spiro atoms. The Hall–Kier alpha value is -2.37. The van der Waals surface area contributed by atoms with Crippen molar-refractivity contribution in [2.24, 2.45) is 5.92 Å². The fourth-order valence-corrected chi connectivity index (χ4v) is 2.91. The maximum Gasteiger partial charge on any atom is 0.306 e. The first-order valence-corrected chi connectivity index (χ1v) is 7.50. The summed E-state index contributed by atoms with van der Waals surface area (Å²) in [5, 5.41) is 17.5. The smallest absolute Gasteiger partial charge is 0.306 e. The molecule has 0 aliphatic carbocycles. The molecule has 22 heavy (non-hydrogen) atoms. The van der Waals surface area contributed by atoms with Crippen molar-refractivity contribution in [1.29, 1.82) is 0 Å². The van der Waals surface area contributed by atoms with Crippen LogP contribution in [0.15, 0.2) is 30.4 Å². The summed E-state index contributed by atoms with van der Waals surface area (Å²) in [6, 6.07) is 6.11. The predicted molar refractivity (Wildman–Crippen MR) is 84.9 cm³/mol. The van der Waals surface area contributed by atoms with Crippen LogP contribution in [0.1, 0.15) is 19.8 Å². The van der Waals surface area contributed by atoms with Gasteiger partial charge in [-0.25, -0.2) is 4.68 Å². The number of hydrogen-bond acceptors (Lipinski definition) is 4. The zero-order chi connectivity index (χ0) is 15.7. The van der Waals surface area contributed by atoms with Gasteiger partial charge >= 0.3 is 5.97 Å². The summed E-state index contributed by atoms with van der Waals surface area (Å²) < 4.78 is 1.85. The van der Waals surface area contributed by atoms with Gasteiger partial charge in [0.15, 0.2) is 0 Å². The van der Waals surface area contributed by atoms with Crippen molar-refractivity contribution in [3.8, 4) is 0 Å². The van der Waals surface area contributed by atoms with Gasteiger partial charge in [0.05, 0.1) is 18.0 Å². The fourth-order valence-electron chi connectivity index (χ4n) is 2.91. The first-order valence-electron chi connectivity index (χ1n) is 7.50. The van der Waals surface area contributed by atoms with E-state index < -0.39 is 5.97 Å². The summed E-state index contributed by atoms with van der Waals surface area (Å²) in [6.07, 6.45) is 1.38. The van der Waals surface area contributed by atoms with E-state index in [2.05, 4.69) is 27.9 Å². The van der Waals surface area contributed by atoms with Crippen LogP contribution in [-0.4, -0.2) is 39.2 Å². The average Bonchev–Trinajstić information content (AvgIpc) is 2.89. The molecule has 6 nitrogen and oxygen atoms in total. The molecule has 0 saturated carbocycles. The molecule has 0 atom stereocenters. The molecule has 116 valence electrons. The van der Waals surface area contributed by atoms with Crippen LogP contribution in [0, 0.1) is 5.92 Å². The number of rotatable bonds is 4. The molecule has 1 aliphatic rings. The highest BCUT2D eigenvalue weighted by atomic mass is 16.4. The van der Waals surface area contributed by atoms with Crippen molar-refractivity contribution in [3.63, 3.8) is 0 Å². The van der Waals surface area contributed by atoms with Crippen molar-refractivity contribution in [3.05, 3.63) is 30.4 Å². The van der Waals surface area contributed by atoms with Crippen LogP contribution in [0.25, 0.3) is 11.0 Å². The zero-order valence-electron chi connectivity index (χ0n) is 12.7. The molecule has 2 aromatic rings. The van der Waals surface area contributed by atoms with Gasteiger partial charge in [-0.15, -0.1) is 5.10 Å². The Bertz CT molecular complexity index is 714. The van der Waals surface area contributed by atoms with E-state index in [-0.39, 0.29) is 5.92 Å². The SMILES string of the molecule is C=C(C)Cn1nnc2cc(N3CCC(C(=O)O)CC3)ccc21. The van der Waals surface area contributed by atoms with Crippen molar-refractivity contribution < 1.29 is 9.90 Å². The van der Waals surface area contributed by atoms with Crippen LogP contribution in [0.5, 0.6) is 0 Å². The van der Waals surface area contributed by atoms with Crippen molar-refractivity contribution in [1.82, 2.24) is 15.0 Å². The summed E-state index contributed by atoms with van der Waals surface area (Å²) >= 11 is 0. The summed E-state index contributed by atoms with van der Waals surface area (Å²) in [4.78, 5) is 13.2. The number of aliphatic carboxylic acids is 1. The molecule has 1 saturated heterocycles. The van der Waals surface area contributed by atoms with E-state index in [4.69, 9.17) is 5.11 Å². The lowest BCUT2D eigenvalue weighted by atomic mass is 9.97. The Labute approximate surface area is 129 Å². The van der Waals surface area contributed by atoms with E-state index in [1.54, 1.807) is 0 Å². The third kappa shape index (κ3) is 2.81. The molecule has 6 heteroatoms. The second-order valence-corrected chi connectivity index (χ2v) is 5.98. The van der Waals surface area contributed by atoms with Gasteiger partial charge < -0.3 is 10.0 Å². The number of carboxylic acids is 1. The number of aromatic nitrogens is 3. The molecular formula is C16H20N4O2. The third-order valence-electron chi connectivity index (χ3n) is 4.13. The third-order valence-corrected chi connectivity index (χ3v) is 4.13. The number of benzene rings is 1. The highest BCUT2D eigenvalue weighted by Gasteiger charge is 2.24. The molecule has 1 aliphatic heterocycles. The van der Waals surface area contributed by atoms with Crippen molar-refractivity contribution in [2.45, 2.75) is 26.3 Å². The van der Waals surface area contributed by atoms with Gasteiger partial charge in [0.1, 0.15) is 5.52 Å². The van der Waals surface area contributed by atoms with Gasteiger partial charge in [-0.1, -0.05) is 17.4 Å². The molecule has 2 heterocycles. The predicted octanol–water partition coefficient (Wildman–Crippen LogP) is 2.31. The monoisotopic (exact) mass is 300 g/mol. The Morgan fingerprint density at radius 2 is 2.14 bits per heavy atom. The number of allylic oxidation sites excluding steroid dienone is 1. The number of carbonyl (C=O) groups is 1. The van der Waals surface area contributed by atoms with E-state index in [9.17, 15) is 4.79 Å². The van der Waals surface area contributed by atoms with Crippen molar-refractivity contribution >= 4 is 22.7 Å². The molecule has 0 bridgehead atoms. The number of carboxylic acid groups (broad SMARTS) is 1. The van der Waals surface area contributed by atoms with Gasteiger partial charge in [0.2, 0.25) is 0 Å². The average molecular weight is 300 g/mol. The van der Waals surface area contributed by atoms with E-state index in [1.165, 1.54) is 0 Å². The number of fused-ring (bicyclic) bond motifs is 1. The summed E-state index contributed by atoms with van der Waals surface area (Å²) in [5.41, 5.74) is 3.97. The largest absolute Gasteiger partial charge is 0.481 e. The second kappa shape index (κ2) is 5.79. The van der Waals surface area contributed by atoms with Gasteiger partial charge in [-0.3, -0.25) is 4.79 Å². The van der Waals surface area contributed by atoms with Gasteiger partial charge in [-0.05, 0) is 38.0 Å². The molecule has 1 fully saturated rings. The van der Waals surface area contributed by atoms with Crippen LogP contribution < -0.4 is 4.90 Å². The Morgan fingerprint density at radius 3 is 2.77 bits per heavy atom. The topological polar surface area (TPSA) is 71.2 Å². The Balaban J connectivity index is 1.78. The molecule has 1 aromatic heterocycles. The summed E-state index contributed by atoms with van der Waals surface area (Å²) in [7, 11) is 0. The van der Waals surface area contributed by atoms with E-state index in [1.807, 2.05) is 23.7 Å². The van der Waals surface area contributed by atoms with Gasteiger partial charge in [0.25, 0.3) is 0 Å². The van der Waals surface area contributed by atoms with Crippen LogP contribution in [0.2, 0.25) is 0 Å². The molecule has 0 radical (unpaired) electrons. The summed E-state index contributed by atoms with van der Waals surface area (Å²) in [5.74, 6) is -0.894. The molecule has 1 aromatic carbocycles. The lowest BCUT2D eigenvalue weighted by Crippen LogP contribution is -2.36. The van der Waals surface area contributed by atoms with Crippen LogP contribution in [0.4, 0.5) is 5.69 Å². The van der Waals surface area contributed by atoms with E-state index in [0.717, 1.165) is 35.4 Å². The number of piperidine rings is 1. The highest BCUT2D eigenvalue weighted by Crippen LogP contribution is 2.26. The first-order chi connectivity index (χ1) is 10.5. The number of hydrogen-bond donors (Lipinski definition) is 1. The quantitative estimate of drug-likeness (QED) is 0.877. The normalized spacial score (nSPS) is 16.1. The minimum absolute atomic E-state index is 0.212. The standard InChI is InChI=1S/C16H20N4O2/c1-11(2)10-20-15-4-3-13(9-14(15)17-18-20)19-7-5-12(6-8-19)16(21)22/h3-4,9,12H,1,5-8,10H2,2H3,(H,21,22). The van der Waals surface area contributed by atoms with Gasteiger partial charge in [-0.2, -0.15) is 0 Å². The Morgan fingerprint density at radius 1 is 1.41 bits per heavy atom.